The van der Waals surface area contributed by atoms with Crippen molar-refractivity contribution in [3.8, 4) is 17.5 Å². The van der Waals surface area contributed by atoms with Crippen molar-refractivity contribution in [3.05, 3.63) is 41.7 Å². The number of carbonyl (C=O) groups is 1. The SMILES string of the molecule is CC(C)n1cc(C#N)nc1-c1ccc(C=O)cc1. The molecule has 0 bridgehead atoms. The van der Waals surface area contributed by atoms with Crippen molar-refractivity contribution in [2.45, 2.75) is 19.9 Å². The van der Waals surface area contributed by atoms with E-state index < -0.39 is 0 Å². The lowest BCUT2D eigenvalue weighted by molar-refractivity contribution is 0.112. The molecule has 90 valence electrons. The summed E-state index contributed by atoms with van der Waals surface area (Å²) >= 11 is 0. The molecule has 0 saturated carbocycles. The van der Waals surface area contributed by atoms with E-state index in [0.29, 0.717) is 11.3 Å². The van der Waals surface area contributed by atoms with Gasteiger partial charge in [-0.2, -0.15) is 5.26 Å². The fraction of sp³-hybridized carbons (Fsp3) is 0.214. The van der Waals surface area contributed by atoms with Gasteiger partial charge >= 0.3 is 0 Å². The Morgan fingerprint density at radius 2 is 2.00 bits per heavy atom. The van der Waals surface area contributed by atoms with Crippen molar-refractivity contribution in [2.24, 2.45) is 0 Å². The molecule has 4 nitrogen and oxygen atoms in total. The van der Waals surface area contributed by atoms with Crippen LogP contribution in [0.2, 0.25) is 0 Å². The average Bonchev–Trinajstić information content (AvgIpc) is 2.83. The molecule has 0 atom stereocenters. The zero-order valence-corrected chi connectivity index (χ0v) is 10.3. The molecule has 0 saturated heterocycles. The van der Waals surface area contributed by atoms with Crippen LogP contribution >= 0.6 is 0 Å². The summed E-state index contributed by atoms with van der Waals surface area (Å²) in [5, 5.41) is 8.91. The van der Waals surface area contributed by atoms with Gasteiger partial charge < -0.3 is 4.57 Å². The smallest absolute Gasteiger partial charge is 0.159 e. The topological polar surface area (TPSA) is 58.7 Å². The van der Waals surface area contributed by atoms with E-state index >= 15 is 0 Å². The molecule has 2 aromatic rings. The van der Waals surface area contributed by atoms with E-state index in [1.807, 2.05) is 36.6 Å². The van der Waals surface area contributed by atoms with Gasteiger partial charge in [0.2, 0.25) is 0 Å². The summed E-state index contributed by atoms with van der Waals surface area (Å²) in [7, 11) is 0. The Morgan fingerprint density at radius 3 is 2.50 bits per heavy atom. The van der Waals surface area contributed by atoms with Crippen molar-refractivity contribution >= 4 is 6.29 Å². The summed E-state index contributed by atoms with van der Waals surface area (Å²) in [6.45, 7) is 4.07. The zero-order valence-electron chi connectivity index (χ0n) is 10.3. The van der Waals surface area contributed by atoms with E-state index in [9.17, 15) is 4.79 Å². The van der Waals surface area contributed by atoms with E-state index in [0.717, 1.165) is 17.7 Å². The predicted molar refractivity (Wildman–Crippen MR) is 68.2 cm³/mol. The lowest BCUT2D eigenvalue weighted by Gasteiger charge is -2.11. The quantitative estimate of drug-likeness (QED) is 0.774. The van der Waals surface area contributed by atoms with Crippen LogP contribution in [0, 0.1) is 11.3 Å². The van der Waals surface area contributed by atoms with Crippen LogP contribution < -0.4 is 0 Å². The van der Waals surface area contributed by atoms with Crippen molar-refractivity contribution in [3.63, 3.8) is 0 Å². The fourth-order valence-corrected chi connectivity index (χ4v) is 1.77. The minimum absolute atomic E-state index is 0.223. The van der Waals surface area contributed by atoms with Gasteiger partial charge in [0.25, 0.3) is 0 Å². The standard InChI is InChI=1S/C14H13N3O/c1-10(2)17-8-13(7-15)16-14(17)12-5-3-11(9-18)4-6-12/h3-6,8-10H,1-2H3. The number of hydrogen-bond acceptors (Lipinski definition) is 3. The second kappa shape index (κ2) is 4.84. The summed E-state index contributed by atoms with van der Waals surface area (Å²) in [4.78, 5) is 14.9. The first-order chi connectivity index (χ1) is 8.65. The average molecular weight is 239 g/mol. The fourth-order valence-electron chi connectivity index (χ4n) is 1.77. The molecule has 0 aliphatic rings. The lowest BCUT2D eigenvalue weighted by Crippen LogP contribution is -2.01. The molecule has 2 rings (SSSR count). The molecule has 0 radical (unpaired) electrons. The van der Waals surface area contributed by atoms with E-state index in [1.165, 1.54) is 0 Å². The Balaban J connectivity index is 2.51. The number of rotatable bonds is 3. The van der Waals surface area contributed by atoms with Gasteiger partial charge in [0.1, 0.15) is 18.2 Å². The van der Waals surface area contributed by atoms with Crippen molar-refractivity contribution in [1.29, 1.82) is 5.26 Å². The molecule has 0 amide bonds. The van der Waals surface area contributed by atoms with E-state index in [1.54, 1.807) is 18.3 Å². The van der Waals surface area contributed by atoms with Crippen LogP contribution in [0.1, 0.15) is 35.9 Å². The summed E-state index contributed by atoms with van der Waals surface area (Å²) in [5.74, 6) is 0.749. The molecule has 0 spiro atoms. The Kier molecular flexibility index (Phi) is 3.24. The summed E-state index contributed by atoms with van der Waals surface area (Å²) < 4.78 is 1.95. The molecule has 1 aromatic carbocycles. The van der Waals surface area contributed by atoms with Crippen molar-refractivity contribution in [2.75, 3.05) is 0 Å². The number of nitriles is 1. The summed E-state index contributed by atoms with van der Waals surface area (Å²) in [6, 6.07) is 9.44. The molecule has 0 unspecified atom stereocenters. The Bertz CT molecular complexity index is 603. The van der Waals surface area contributed by atoms with E-state index in [2.05, 4.69) is 4.98 Å². The maximum Gasteiger partial charge on any atom is 0.159 e. The molecule has 0 aliphatic carbocycles. The lowest BCUT2D eigenvalue weighted by atomic mass is 10.1. The van der Waals surface area contributed by atoms with Gasteiger partial charge in [0.15, 0.2) is 5.69 Å². The first-order valence-electron chi connectivity index (χ1n) is 5.70. The van der Waals surface area contributed by atoms with Gasteiger partial charge in [-0.1, -0.05) is 24.3 Å². The third-order valence-electron chi connectivity index (χ3n) is 2.71. The van der Waals surface area contributed by atoms with Crippen LogP contribution in [0.5, 0.6) is 0 Å². The van der Waals surface area contributed by atoms with Crippen LogP contribution in [-0.2, 0) is 0 Å². The summed E-state index contributed by atoms with van der Waals surface area (Å²) in [5.41, 5.74) is 1.93. The molecule has 4 heteroatoms. The van der Waals surface area contributed by atoms with Gasteiger partial charge in [-0.15, -0.1) is 0 Å². The Hall–Kier alpha value is -2.41. The third-order valence-corrected chi connectivity index (χ3v) is 2.71. The summed E-state index contributed by atoms with van der Waals surface area (Å²) in [6.07, 6.45) is 2.55. The third kappa shape index (κ3) is 2.16. The van der Waals surface area contributed by atoms with Crippen LogP contribution in [0.15, 0.2) is 30.5 Å². The first kappa shape index (κ1) is 12.1. The highest BCUT2D eigenvalue weighted by Gasteiger charge is 2.12. The molecular formula is C14H13N3O. The molecule has 0 N–H and O–H groups in total. The van der Waals surface area contributed by atoms with Crippen LogP contribution in [0.4, 0.5) is 0 Å². The Labute approximate surface area is 106 Å². The first-order valence-corrected chi connectivity index (χ1v) is 5.70. The van der Waals surface area contributed by atoms with E-state index in [-0.39, 0.29) is 6.04 Å². The minimum atomic E-state index is 0.223. The van der Waals surface area contributed by atoms with E-state index in [4.69, 9.17) is 5.26 Å². The monoisotopic (exact) mass is 239 g/mol. The zero-order chi connectivity index (χ0) is 13.1. The predicted octanol–water partition coefficient (Wildman–Crippen LogP) is 2.82. The molecule has 1 heterocycles. The van der Waals surface area contributed by atoms with Crippen molar-refractivity contribution < 1.29 is 4.79 Å². The maximum absolute atomic E-state index is 10.6. The second-order valence-electron chi connectivity index (χ2n) is 4.30. The Morgan fingerprint density at radius 1 is 1.33 bits per heavy atom. The van der Waals surface area contributed by atoms with Crippen LogP contribution in [0.3, 0.4) is 0 Å². The molecule has 1 aromatic heterocycles. The van der Waals surface area contributed by atoms with Gasteiger partial charge in [-0.25, -0.2) is 4.98 Å². The number of nitrogens with zero attached hydrogens (tertiary/aromatic N) is 3. The molecule has 18 heavy (non-hydrogen) atoms. The van der Waals surface area contributed by atoms with Gasteiger partial charge in [-0.05, 0) is 13.8 Å². The van der Waals surface area contributed by atoms with Crippen LogP contribution in [0.25, 0.3) is 11.4 Å². The number of hydrogen-bond donors (Lipinski definition) is 0. The number of imidazole rings is 1. The number of carbonyl (C=O) groups excluding carboxylic acids is 1. The van der Waals surface area contributed by atoms with Gasteiger partial charge in [0.05, 0.1) is 0 Å². The molecule has 0 aliphatic heterocycles. The maximum atomic E-state index is 10.6. The van der Waals surface area contributed by atoms with Crippen LogP contribution in [-0.4, -0.2) is 15.8 Å². The second-order valence-corrected chi connectivity index (χ2v) is 4.30. The number of aromatic nitrogens is 2. The van der Waals surface area contributed by atoms with Gasteiger partial charge in [-0.3, -0.25) is 4.79 Å². The molecular weight excluding hydrogens is 226 g/mol. The highest BCUT2D eigenvalue weighted by Crippen LogP contribution is 2.22. The number of aldehydes is 1. The largest absolute Gasteiger partial charge is 0.327 e. The highest BCUT2D eigenvalue weighted by molar-refractivity contribution is 5.76. The number of benzene rings is 1. The van der Waals surface area contributed by atoms with Gasteiger partial charge in [0, 0.05) is 23.4 Å². The molecule has 0 fully saturated rings. The normalized spacial score (nSPS) is 10.3. The highest BCUT2D eigenvalue weighted by atomic mass is 16.1. The minimum Gasteiger partial charge on any atom is -0.327 e. The van der Waals surface area contributed by atoms with Crippen molar-refractivity contribution in [1.82, 2.24) is 9.55 Å².